The van der Waals surface area contributed by atoms with Crippen LogP contribution in [0.1, 0.15) is 121 Å². The third-order valence-corrected chi connectivity index (χ3v) is 22.6. The molecule has 30 atom stereocenters. The molecular formula is C60H94O26. The molecule has 0 radical (unpaired) electrons. The first-order valence-corrected chi connectivity index (χ1v) is 30.3. The first-order chi connectivity index (χ1) is 40.1. The summed E-state index contributed by atoms with van der Waals surface area (Å²) in [5, 5.41) is 145. The topological polar surface area (TPSA) is 407 Å². The zero-order valence-corrected chi connectivity index (χ0v) is 50.9. The lowest BCUT2D eigenvalue weighted by Gasteiger charge is -2.72. The zero-order valence-electron chi connectivity index (χ0n) is 50.9. The molecule has 4 aliphatic heterocycles. The Kier molecular flexibility index (Phi) is 19.3. The van der Waals surface area contributed by atoms with E-state index >= 15 is 0 Å². The number of carbonyl (C=O) groups excluding carboxylic acids is 2. The number of hydrogen-bond acceptors (Lipinski definition) is 25. The van der Waals surface area contributed by atoms with E-state index in [1.165, 1.54) is 13.8 Å². The SMILES string of the molecule is CC=C(C)C(=O)OC1C(OC(C)=O)C2(CO)C(O)CC3(C)C(=CCC4C5(C)CCC(OC6OC(C(=O)O)C(O)C(OC7OCC(O)C(O)C7OC7OC(C)C(O)C(O)C7O)C6OC6OC(CO)C(O)C(O)C6O)C(C)(C)C5CCC43C)C2CC1(C)C. The first kappa shape index (κ1) is 67.5. The summed E-state index contributed by atoms with van der Waals surface area (Å²) in [6.07, 6.45) is -31.9. The summed E-state index contributed by atoms with van der Waals surface area (Å²) in [7, 11) is 0. The lowest BCUT2D eigenvalue weighted by molar-refractivity contribution is -0.400. The van der Waals surface area contributed by atoms with E-state index in [9.17, 15) is 80.8 Å². The number of ether oxygens (including phenoxy) is 10. The Labute approximate surface area is 500 Å². The molecule has 13 N–H and O–H groups in total. The molecule has 0 bridgehead atoms. The highest BCUT2D eigenvalue weighted by molar-refractivity contribution is 5.87. The summed E-state index contributed by atoms with van der Waals surface area (Å²) < 4.78 is 61.3. The van der Waals surface area contributed by atoms with Crippen LogP contribution in [0.4, 0.5) is 0 Å². The Morgan fingerprint density at radius 2 is 1.29 bits per heavy atom. The predicted molar refractivity (Wildman–Crippen MR) is 293 cm³/mol. The molecule has 0 aromatic heterocycles. The Balaban J connectivity index is 1.04. The van der Waals surface area contributed by atoms with Crippen LogP contribution in [0.15, 0.2) is 23.3 Å². The molecule has 9 aliphatic rings. The van der Waals surface area contributed by atoms with E-state index < -0.39 is 217 Å². The summed E-state index contributed by atoms with van der Waals surface area (Å²) in [5.41, 5.74) is -3.18. The van der Waals surface area contributed by atoms with E-state index in [1.54, 1.807) is 19.9 Å². The van der Waals surface area contributed by atoms with Gasteiger partial charge in [-0.25, -0.2) is 9.59 Å². The number of aliphatic hydroxyl groups is 12. The van der Waals surface area contributed by atoms with Gasteiger partial charge in [0.2, 0.25) is 0 Å². The minimum atomic E-state index is -2.21. The number of carboxylic acid groups (broad SMARTS) is 1. The van der Waals surface area contributed by atoms with Crippen LogP contribution in [0.2, 0.25) is 0 Å². The van der Waals surface area contributed by atoms with Crippen LogP contribution in [0.3, 0.4) is 0 Å². The Morgan fingerprint density at radius 3 is 1.91 bits per heavy atom. The van der Waals surface area contributed by atoms with Crippen molar-refractivity contribution in [1.82, 2.24) is 0 Å². The molecule has 26 heteroatoms. The zero-order chi connectivity index (χ0) is 63.5. The second-order valence-electron chi connectivity index (χ2n) is 28.0. The van der Waals surface area contributed by atoms with Crippen molar-refractivity contribution >= 4 is 17.9 Å². The molecule has 0 amide bonds. The summed E-state index contributed by atoms with van der Waals surface area (Å²) in [6, 6.07) is 0. The van der Waals surface area contributed by atoms with Crippen molar-refractivity contribution in [2.45, 2.75) is 262 Å². The first-order valence-electron chi connectivity index (χ1n) is 30.3. The number of aliphatic carboxylic acids is 1. The van der Waals surface area contributed by atoms with Gasteiger partial charge in [-0.15, -0.1) is 0 Å². The van der Waals surface area contributed by atoms with Gasteiger partial charge in [0.15, 0.2) is 31.3 Å². The molecule has 26 nitrogen and oxygen atoms in total. The van der Waals surface area contributed by atoms with Gasteiger partial charge in [-0.3, -0.25) is 4.79 Å². The number of carbonyl (C=O) groups is 3. The molecule has 8 fully saturated rings. The fourth-order valence-corrected chi connectivity index (χ4v) is 17.4. The Bertz CT molecular complexity index is 2530. The highest BCUT2D eigenvalue weighted by Crippen LogP contribution is 2.76. The van der Waals surface area contributed by atoms with Gasteiger partial charge in [0.25, 0.3) is 0 Å². The molecule has 5 aliphatic carbocycles. The van der Waals surface area contributed by atoms with Crippen molar-refractivity contribution in [2.24, 2.45) is 50.2 Å². The second kappa shape index (κ2) is 24.6. The second-order valence-corrected chi connectivity index (χ2v) is 28.0. The number of carboxylic acids is 1. The van der Waals surface area contributed by atoms with Crippen molar-refractivity contribution in [3.05, 3.63) is 23.3 Å². The van der Waals surface area contributed by atoms with Gasteiger partial charge >= 0.3 is 17.9 Å². The van der Waals surface area contributed by atoms with Crippen LogP contribution in [-0.4, -0.2) is 245 Å². The highest BCUT2D eigenvalue weighted by Gasteiger charge is 2.74. The van der Waals surface area contributed by atoms with E-state index in [0.29, 0.717) is 44.1 Å². The van der Waals surface area contributed by atoms with Gasteiger partial charge in [-0.05, 0) is 105 Å². The summed E-state index contributed by atoms with van der Waals surface area (Å²) >= 11 is 0. The van der Waals surface area contributed by atoms with Crippen molar-refractivity contribution < 1.29 is 128 Å². The maximum Gasteiger partial charge on any atom is 0.335 e. The largest absolute Gasteiger partial charge is 0.479 e. The monoisotopic (exact) mass is 1230 g/mol. The number of rotatable bonds is 14. The third-order valence-electron chi connectivity index (χ3n) is 22.6. The van der Waals surface area contributed by atoms with E-state index in [0.717, 1.165) is 5.57 Å². The smallest absolute Gasteiger partial charge is 0.335 e. The molecule has 30 unspecified atom stereocenters. The number of allylic oxidation sites excluding steroid dienone is 3. The molecule has 4 saturated carbocycles. The van der Waals surface area contributed by atoms with Gasteiger partial charge in [0.1, 0.15) is 91.6 Å². The minimum Gasteiger partial charge on any atom is -0.479 e. The van der Waals surface area contributed by atoms with Gasteiger partial charge in [0, 0.05) is 17.9 Å². The average molecular weight is 1230 g/mol. The van der Waals surface area contributed by atoms with Crippen LogP contribution in [0.5, 0.6) is 0 Å². The average Bonchev–Trinajstić information content (AvgIpc) is 0.672. The molecule has 490 valence electrons. The van der Waals surface area contributed by atoms with Gasteiger partial charge < -0.3 is 114 Å². The third kappa shape index (κ3) is 11.0. The fourth-order valence-electron chi connectivity index (χ4n) is 17.4. The molecule has 9 rings (SSSR count). The molecule has 0 aromatic carbocycles. The number of aliphatic hydroxyl groups excluding tert-OH is 12. The van der Waals surface area contributed by atoms with E-state index in [-0.39, 0.29) is 18.3 Å². The van der Waals surface area contributed by atoms with E-state index in [2.05, 4.69) is 26.8 Å². The van der Waals surface area contributed by atoms with Crippen LogP contribution < -0.4 is 0 Å². The molecular weight excluding hydrogens is 1140 g/mol. The summed E-state index contributed by atoms with van der Waals surface area (Å²) in [4.78, 5) is 39.7. The van der Waals surface area contributed by atoms with Gasteiger partial charge in [0.05, 0.1) is 43.5 Å². The predicted octanol–water partition coefficient (Wildman–Crippen LogP) is -0.803. The van der Waals surface area contributed by atoms with Crippen LogP contribution in [0, 0.1) is 50.2 Å². The minimum absolute atomic E-state index is 0.0105. The van der Waals surface area contributed by atoms with Crippen molar-refractivity contribution in [3.63, 3.8) is 0 Å². The van der Waals surface area contributed by atoms with Gasteiger partial charge in [-0.1, -0.05) is 66.2 Å². The normalized spacial score (nSPS) is 50.9. The van der Waals surface area contributed by atoms with E-state index in [4.69, 9.17) is 47.4 Å². The fraction of sp³-hybridized carbons (Fsp3) is 0.883. The molecule has 0 aromatic rings. The Morgan fingerprint density at radius 1 is 0.663 bits per heavy atom. The van der Waals surface area contributed by atoms with Crippen LogP contribution >= 0.6 is 0 Å². The number of fused-ring (bicyclic) bond motifs is 7. The maximum atomic E-state index is 13.5. The van der Waals surface area contributed by atoms with Crippen molar-refractivity contribution in [3.8, 4) is 0 Å². The molecule has 4 saturated heterocycles. The maximum absolute atomic E-state index is 13.5. The Hall–Kier alpha value is -2.91. The molecule has 4 heterocycles. The standard InChI is InChI=1S/C60H94O26/c1-12-24(2)50(76)86-47-48(79-26(4)63)60(23-62)28(19-55(47,5)6)27-13-14-32-57(9)17-16-34(56(7,8)31(57)15-18-58(32,10)59(27,11)20-33(60)65)81-54-46(85-52-41(72)39(70)37(68)30(21-61)80-52)43(42(73)44(83-54)49(74)75)82-53-45(36(67)29(64)22-77-53)84-51-40(71)38(69)35(66)25(3)78-51/h12-13,25,28-48,51-54,61-62,64-73H,14-23H2,1-11H3,(H,74,75). The summed E-state index contributed by atoms with van der Waals surface area (Å²) in [5.74, 6) is -3.56. The number of esters is 2. The van der Waals surface area contributed by atoms with Crippen LogP contribution in [-0.2, 0) is 61.8 Å². The lowest BCUT2D eigenvalue weighted by atomic mass is 9.33. The van der Waals surface area contributed by atoms with Gasteiger partial charge in [-0.2, -0.15) is 0 Å². The van der Waals surface area contributed by atoms with Crippen molar-refractivity contribution in [2.75, 3.05) is 19.8 Å². The van der Waals surface area contributed by atoms with E-state index in [1.807, 2.05) is 27.7 Å². The quantitative estimate of drug-likeness (QED) is 0.0438. The van der Waals surface area contributed by atoms with Crippen molar-refractivity contribution in [1.29, 1.82) is 0 Å². The lowest BCUT2D eigenvalue weighted by Crippen LogP contribution is -2.72. The highest BCUT2D eigenvalue weighted by atomic mass is 16.8. The molecule has 86 heavy (non-hydrogen) atoms. The number of hydrogen-bond donors (Lipinski definition) is 13. The summed E-state index contributed by atoms with van der Waals surface area (Å²) in [6.45, 7) is 18.6. The van der Waals surface area contributed by atoms with Crippen LogP contribution in [0.25, 0.3) is 0 Å². The molecule has 0 spiro atoms.